The summed E-state index contributed by atoms with van der Waals surface area (Å²) < 4.78 is 10.6. The highest BCUT2D eigenvalue weighted by Gasteiger charge is 2.21. The van der Waals surface area contributed by atoms with Gasteiger partial charge in [-0.1, -0.05) is 30.3 Å². The Balaban J connectivity index is 1.69. The number of carbonyl (C=O) groups is 1. The second-order valence-electron chi connectivity index (χ2n) is 5.71. The molecule has 3 rings (SSSR count). The van der Waals surface area contributed by atoms with Gasteiger partial charge in [0.1, 0.15) is 12.3 Å². The minimum atomic E-state index is -0.526. The van der Waals surface area contributed by atoms with E-state index in [2.05, 4.69) is 5.32 Å². The predicted octanol–water partition coefficient (Wildman–Crippen LogP) is 3.15. The number of benzene rings is 2. The van der Waals surface area contributed by atoms with Gasteiger partial charge in [-0.15, -0.1) is 0 Å². The molecule has 1 saturated heterocycles. The van der Waals surface area contributed by atoms with Gasteiger partial charge in [0.2, 0.25) is 0 Å². The molecule has 0 amide bonds. The smallest absolute Gasteiger partial charge is 0.338 e. The summed E-state index contributed by atoms with van der Waals surface area (Å²) in [7, 11) is 0. The zero-order valence-electron chi connectivity index (χ0n) is 13.5. The number of anilines is 1. The molecular formula is C18H18N2O5. The van der Waals surface area contributed by atoms with Gasteiger partial charge in [-0.05, 0) is 24.1 Å². The van der Waals surface area contributed by atoms with E-state index in [1.165, 1.54) is 18.2 Å². The summed E-state index contributed by atoms with van der Waals surface area (Å²) in [5, 5.41) is 14.2. The number of nitro benzene ring substituents is 1. The van der Waals surface area contributed by atoms with Crippen LogP contribution in [0.5, 0.6) is 0 Å². The summed E-state index contributed by atoms with van der Waals surface area (Å²) >= 11 is 0. The normalized spacial score (nSPS) is 15.9. The number of nitrogens with one attached hydrogen (secondary N) is 1. The standard InChI is InChI=1S/C18H18N2O5/c21-18(25-12-13-4-2-1-3-5-13)14-6-7-17(20(22)23)16(10-14)19-11-15-8-9-24-15/h1-7,10,15,19H,8-9,11-12H2/t15-/m0/s1. The van der Waals surface area contributed by atoms with E-state index < -0.39 is 10.9 Å². The van der Waals surface area contributed by atoms with Crippen molar-refractivity contribution in [1.82, 2.24) is 0 Å². The average molecular weight is 342 g/mol. The molecule has 7 heteroatoms. The van der Waals surface area contributed by atoms with Gasteiger partial charge in [-0.3, -0.25) is 10.1 Å². The summed E-state index contributed by atoms with van der Waals surface area (Å²) in [5.41, 5.74) is 1.34. The Labute approximate surface area is 144 Å². The summed E-state index contributed by atoms with van der Waals surface area (Å²) in [6.07, 6.45) is 0.966. The molecule has 2 aromatic rings. The highest BCUT2D eigenvalue weighted by Crippen LogP contribution is 2.26. The first kappa shape index (κ1) is 16.9. The van der Waals surface area contributed by atoms with Crippen molar-refractivity contribution in [1.29, 1.82) is 0 Å². The van der Waals surface area contributed by atoms with Crippen LogP contribution in [0.4, 0.5) is 11.4 Å². The Bertz CT molecular complexity index is 759. The second-order valence-corrected chi connectivity index (χ2v) is 5.71. The molecule has 1 aliphatic rings. The average Bonchev–Trinajstić information content (AvgIpc) is 2.59. The third-order valence-electron chi connectivity index (χ3n) is 3.96. The summed E-state index contributed by atoms with van der Waals surface area (Å²) in [6, 6.07) is 13.5. The molecule has 1 N–H and O–H groups in total. The quantitative estimate of drug-likeness (QED) is 0.472. The van der Waals surface area contributed by atoms with E-state index in [4.69, 9.17) is 9.47 Å². The van der Waals surface area contributed by atoms with E-state index in [9.17, 15) is 14.9 Å². The minimum absolute atomic E-state index is 0.0493. The van der Waals surface area contributed by atoms with Crippen LogP contribution >= 0.6 is 0 Å². The molecule has 1 aliphatic heterocycles. The third-order valence-corrected chi connectivity index (χ3v) is 3.96. The number of esters is 1. The van der Waals surface area contributed by atoms with Crippen molar-refractivity contribution in [2.24, 2.45) is 0 Å². The monoisotopic (exact) mass is 342 g/mol. The maximum absolute atomic E-state index is 12.2. The maximum atomic E-state index is 12.2. The van der Waals surface area contributed by atoms with Crippen molar-refractivity contribution in [3.8, 4) is 0 Å². The van der Waals surface area contributed by atoms with E-state index in [1.807, 2.05) is 30.3 Å². The van der Waals surface area contributed by atoms with Gasteiger partial charge in [-0.2, -0.15) is 0 Å². The Kier molecular flexibility index (Phi) is 5.25. The van der Waals surface area contributed by atoms with Gasteiger partial charge in [0.25, 0.3) is 5.69 Å². The number of nitro groups is 1. The van der Waals surface area contributed by atoms with E-state index in [0.29, 0.717) is 13.2 Å². The van der Waals surface area contributed by atoms with Crippen LogP contribution in [-0.2, 0) is 16.1 Å². The molecule has 25 heavy (non-hydrogen) atoms. The number of hydrogen-bond acceptors (Lipinski definition) is 6. The van der Waals surface area contributed by atoms with Crippen LogP contribution in [0.1, 0.15) is 22.3 Å². The Morgan fingerprint density at radius 3 is 2.68 bits per heavy atom. The van der Waals surface area contributed by atoms with Crippen LogP contribution in [0.2, 0.25) is 0 Å². The molecule has 0 aliphatic carbocycles. The lowest BCUT2D eigenvalue weighted by atomic mass is 10.1. The van der Waals surface area contributed by atoms with E-state index in [0.717, 1.165) is 12.0 Å². The van der Waals surface area contributed by atoms with Gasteiger partial charge in [0.05, 0.1) is 16.6 Å². The molecule has 0 aromatic heterocycles. The SMILES string of the molecule is O=C(OCc1ccccc1)c1ccc([N+](=O)[O-])c(NC[C@@H]2CCO2)c1. The van der Waals surface area contributed by atoms with Crippen LogP contribution < -0.4 is 5.32 Å². The molecule has 1 fully saturated rings. The molecular weight excluding hydrogens is 324 g/mol. The Morgan fingerprint density at radius 1 is 1.28 bits per heavy atom. The third kappa shape index (κ3) is 4.33. The molecule has 0 saturated carbocycles. The van der Waals surface area contributed by atoms with Crippen molar-refractivity contribution >= 4 is 17.3 Å². The lowest BCUT2D eigenvalue weighted by Crippen LogP contribution is -2.33. The fraction of sp³-hybridized carbons (Fsp3) is 0.278. The Hall–Kier alpha value is -2.93. The van der Waals surface area contributed by atoms with Crippen molar-refractivity contribution < 1.29 is 19.2 Å². The van der Waals surface area contributed by atoms with Crippen molar-refractivity contribution in [2.75, 3.05) is 18.5 Å². The van der Waals surface area contributed by atoms with E-state index >= 15 is 0 Å². The van der Waals surface area contributed by atoms with Crippen LogP contribution in [0.3, 0.4) is 0 Å². The van der Waals surface area contributed by atoms with Crippen LogP contribution in [0.25, 0.3) is 0 Å². The van der Waals surface area contributed by atoms with Crippen LogP contribution in [0.15, 0.2) is 48.5 Å². The predicted molar refractivity (Wildman–Crippen MR) is 91.5 cm³/mol. The molecule has 1 heterocycles. The molecule has 7 nitrogen and oxygen atoms in total. The fourth-order valence-electron chi connectivity index (χ4n) is 2.44. The maximum Gasteiger partial charge on any atom is 0.338 e. The van der Waals surface area contributed by atoms with Gasteiger partial charge in [0, 0.05) is 19.2 Å². The zero-order valence-corrected chi connectivity index (χ0v) is 13.5. The first-order valence-electron chi connectivity index (χ1n) is 7.98. The number of nitrogens with zero attached hydrogens (tertiary/aromatic N) is 1. The van der Waals surface area contributed by atoms with Crippen molar-refractivity contribution in [3.63, 3.8) is 0 Å². The minimum Gasteiger partial charge on any atom is -0.457 e. The van der Waals surface area contributed by atoms with Crippen LogP contribution in [-0.4, -0.2) is 30.1 Å². The Morgan fingerprint density at radius 2 is 2.04 bits per heavy atom. The second kappa shape index (κ2) is 7.76. The molecule has 0 unspecified atom stereocenters. The molecule has 0 radical (unpaired) electrons. The number of carbonyl (C=O) groups excluding carboxylic acids is 1. The lowest BCUT2D eigenvalue weighted by molar-refractivity contribution is -0.384. The summed E-state index contributed by atoms with van der Waals surface area (Å²) in [4.78, 5) is 22.9. The number of rotatable bonds is 7. The van der Waals surface area contributed by atoms with Gasteiger partial charge in [-0.25, -0.2) is 4.79 Å². The molecule has 130 valence electrons. The van der Waals surface area contributed by atoms with Gasteiger partial charge in [0.15, 0.2) is 0 Å². The van der Waals surface area contributed by atoms with Gasteiger partial charge >= 0.3 is 5.97 Å². The molecule has 1 atom stereocenters. The summed E-state index contributed by atoms with van der Waals surface area (Å²) in [5.74, 6) is -0.526. The van der Waals surface area contributed by atoms with Crippen molar-refractivity contribution in [3.05, 3.63) is 69.8 Å². The molecule has 2 aromatic carbocycles. The fourth-order valence-corrected chi connectivity index (χ4v) is 2.44. The number of hydrogen-bond donors (Lipinski definition) is 1. The number of ether oxygens (including phenoxy) is 2. The first-order valence-corrected chi connectivity index (χ1v) is 7.98. The van der Waals surface area contributed by atoms with Crippen molar-refractivity contribution in [2.45, 2.75) is 19.1 Å². The zero-order chi connectivity index (χ0) is 17.6. The largest absolute Gasteiger partial charge is 0.457 e. The molecule has 0 bridgehead atoms. The topological polar surface area (TPSA) is 90.7 Å². The van der Waals surface area contributed by atoms with E-state index in [-0.39, 0.29) is 29.6 Å². The summed E-state index contributed by atoms with van der Waals surface area (Å²) in [6.45, 7) is 1.32. The first-order chi connectivity index (χ1) is 12.1. The highest BCUT2D eigenvalue weighted by molar-refractivity contribution is 5.91. The molecule has 0 spiro atoms. The van der Waals surface area contributed by atoms with Crippen LogP contribution in [0, 0.1) is 10.1 Å². The van der Waals surface area contributed by atoms with Gasteiger partial charge < -0.3 is 14.8 Å². The highest BCUT2D eigenvalue weighted by atomic mass is 16.6. The van der Waals surface area contributed by atoms with E-state index in [1.54, 1.807) is 0 Å². The lowest BCUT2D eigenvalue weighted by Gasteiger charge is -2.26.